The third-order valence-electron chi connectivity index (χ3n) is 4.54. The summed E-state index contributed by atoms with van der Waals surface area (Å²) in [4.78, 5) is 26.7. The molecule has 2 N–H and O–H groups in total. The van der Waals surface area contributed by atoms with Gasteiger partial charge in [0.25, 0.3) is 0 Å². The van der Waals surface area contributed by atoms with Crippen molar-refractivity contribution >= 4 is 28.8 Å². The van der Waals surface area contributed by atoms with Crippen molar-refractivity contribution in [2.45, 2.75) is 40.5 Å². The van der Waals surface area contributed by atoms with Crippen molar-refractivity contribution in [1.82, 2.24) is 4.98 Å². The molecule has 0 saturated heterocycles. The van der Waals surface area contributed by atoms with E-state index in [1.54, 1.807) is 11.8 Å². The van der Waals surface area contributed by atoms with Gasteiger partial charge >= 0.3 is 0 Å². The number of aromatic nitrogens is 1. The first kappa shape index (κ1) is 25.1. The molecule has 2 aromatic carbocycles. The highest BCUT2D eigenvalue weighted by molar-refractivity contribution is 5.83. The van der Waals surface area contributed by atoms with Crippen LogP contribution in [-0.2, 0) is 16.0 Å². The fourth-order valence-electron chi connectivity index (χ4n) is 3.27. The van der Waals surface area contributed by atoms with E-state index in [0.717, 1.165) is 43.1 Å². The Hall–Kier alpha value is -2.92. The van der Waals surface area contributed by atoms with Crippen LogP contribution in [0.2, 0.25) is 0 Å². The number of anilines is 1. The van der Waals surface area contributed by atoms with Gasteiger partial charge in [0.2, 0.25) is 6.41 Å². The lowest BCUT2D eigenvalue weighted by atomic mass is 10.1. The summed E-state index contributed by atoms with van der Waals surface area (Å²) in [6, 6.07) is 16.2. The molecule has 162 valence electrons. The molecule has 0 spiro atoms. The first-order valence-corrected chi connectivity index (χ1v) is 10.2. The number of nitrogens with zero attached hydrogens (tertiary/aromatic N) is 1. The van der Waals surface area contributed by atoms with Gasteiger partial charge < -0.3 is 19.8 Å². The molecule has 0 bridgehead atoms. The number of rotatable bonds is 7. The number of fused-ring (bicyclic) bond motifs is 1. The smallest absolute Gasteiger partial charge is 0.214 e. The number of H-pyrrole nitrogens is 1. The molecule has 5 heteroatoms. The Morgan fingerprint density at radius 3 is 2.30 bits per heavy atom. The highest BCUT2D eigenvalue weighted by Gasteiger charge is 2.09. The third kappa shape index (κ3) is 7.84. The second kappa shape index (κ2) is 13.3. The average Bonchev–Trinajstić information content (AvgIpc) is 3.14. The van der Waals surface area contributed by atoms with Crippen LogP contribution >= 0.6 is 0 Å². The predicted molar refractivity (Wildman–Crippen MR) is 125 cm³/mol. The standard InChI is InChI=1S/C18H18N2O.C6H12O.CH4O/c1-14-6-2-5-9-18(14)20(13-21)11-10-15-12-19-17-8-4-3-7-16(15)17;1-5(2)4-6(3)7;1-2/h2-9,12-13,19H,10-11H2,1H3;5H,4H2,1-3H3;2H,1H3. The van der Waals surface area contributed by atoms with Crippen molar-refractivity contribution < 1.29 is 14.7 Å². The molecule has 0 unspecified atom stereocenters. The summed E-state index contributed by atoms with van der Waals surface area (Å²) < 4.78 is 0. The predicted octanol–water partition coefficient (Wildman–Crippen LogP) is 4.91. The highest BCUT2D eigenvalue weighted by atomic mass is 16.2. The van der Waals surface area contributed by atoms with Gasteiger partial charge in [-0.15, -0.1) is 0 Å². The molecule has 5 nitrogen and oxygen atoms in total. The average molecular weight is 411 g/mol. The molecule has 30 heavy (non-hydrogen) atoms. The quantitative estimate of drug-likeness (QED) is 0.544. The van der Waals surface area contributed by atoms with Crippen LogP contribution in [-0.4, -0.2) is 35.9 Å². The van der Waals surface area contributed by atoms with Gasteiger partial charge in [-0.2, -0.15) is 0 Å². The van der Waals surface area contributed by atoms with E-state index < -0.39 is 0 Å². The van der Waals surface area contributed by atoms with Crippen molar-refractivity contribution in [1.29, 1.82) is 0 Å². The number of benzene rings is 2. The van der Waals surface area contributed by atoms with Gasteiger partial charge in [0.05, 0.1) is 0 Å². The number of amides is 1. The van der Waals surface area contributed by atoms with Crippen molar-refractivity contribution in [2.75, 3.05) is 18.6 Å². The normalized spacial score (nSPS) is 9.97. The first-order valence-electron chi connectivity index (χ1n) is 10.2. The van der Waals surface area contributed by atoms with E-state index in [0.29, 0.717) is 12.5 Å². The number of carbonyl (C=O) groups excluding carboxylic acids is 2. The Labute approximate surface area is 179 Å². The van der Waals surface area contributed by atoms with Crippen molar-refractivity contribution in [3.05, 3.63) is 65.9 Å². The molecule has 0 saturated carbocycles. The topological polar surface area (TPSA) is 73.4 Å². The maximum atomic E-state index is 11.4. The second-order valence-electron chi connectivity index (χ2n) is 7.49. The molecule has 0 radical (unpaired) electrons. The van der Waals surface area contributed by atoms with Gasteiger partial charge in [0.15, 0.2) is 0 Å². The number of aromatic amines is 1. The van der Waals surface area contributed by atoms with Crippen molar-refractivity contribution in [3.63, 3.8) is 0 Å². The zero-order chi connectivity index (χ0) is 22.5. The molecule has 0 atom stereocenters. The summed E-state index contributed by atoms with van der Waals surface area (Å²) >= 11 is 0. The van der Waals surface area contributed by atoms with Crippen LogP contribution in [0, 0.1) is 12.8 Å². The maximum Gasteiger partial charge on any atom is 0.214 e. The Bertz CT molecular complexity index is 915. The molecular formula is C25H34N2O3. The number of hydrogen-bond acceptors (Lipinski definition) is 3. The fraction of sp³-hybridized carbons (Fsp3) is 0.360. The maximum absolute atomic E-state index is 11.4. The van der Waals surface area contributed by atoms with Crippen LogP contribution in [0.4, 0.5) is 5.69 Å². The lowest BCUT2D eigenvalue weighted by Gasteiger charge is -2.19. The van der Waals surface area contributed by atoms with Crippen LogP contribution in [0.25, 0.3) is 10.9 Å². The minimum absolute atomic E-state index is 0.287. The molecule has 0 aliphatic carbocycles. The Balaban J connectivity index is 0.000000428. The highest BCUT2D eigenvalue weighted by Crippen LogP contribution is 2.21. The van der Waals surface area contributed by atoms with E-state index in [2.05, 4.69) is 17.1 Å². The molecule has 0 aliphatic rings. The molecule has 3 aromatic rings. The SMILES string of the molecule is CC(=O)CC(C)C.CO.Cc1ccccc1N(C=O)CCc1c[nH]c2ccccc12. The number of nitrogens with one attached hydrogen (secondary N) is 1. The number of aliphatic hydroxyl groups is 1. The second-order valence-corrected chi connectivity index (χ2v) is 7.49. The number of hydrogen-bond donors (Lipinski definition) is 2. The summed E-state index contributed by atoms with van der Waals surface area (Å²) in [6.45, 7) is 8.41. The third-order valence-corrected chi connectivity index (χ3v) is 4.54. The van der Waals surface area contributed by atoms with Crippen LogP contribution < -0.4 is 4.90 Å². The van der Waals surface area contributed by atoms with Gasteiger partial charge in [0, 0.05) is 42.9 Å². The summed E-state index contributed by atoms with van der Waals surface area (Å²) in [6.07, 6.45) is 4.50. The van der Waals surface area contributed by atoms with Crippen LogP contribution in [0.15, 0.2) is 54.7 Å². The zero-order valence-electron chi connectivity index (χ0n) is 18.7. The number of para-hydroxylation sites is 2. The minimum atomic E-state index is 0.287. The summed E-state index contributed by atoms with van der Waals surface area (Å²) in [5, 5.41) is 8.23. The number of Topliss-reactive ketones (excluding diaryl/α,β-unsaturated/α-hetero) is 1. The monoisotopic (exact) mass is 410 g/mol. The molecular weight excluding hydrogens is 376 g/mol. The molecule has 1 aromatic heterocycles. The lowest BCUT2D eigenvalue weighted by Crippen LogP contribution is -2.24. The van der Waals surface area contributed by atoms with E-state index in [1.807, 2.05) is 63.4 Å². The molecule has 1 amide bonds. The molecule has 0 fully saturated rings. The van der Waals surface area contributed by atoms with Gasteiger partial charge in [-0.05, 0) is 49.4 Å². The molecule has 1 heterocycles. The van der Waals surface area contributed by atoms with Gasteiger partial charge in [-0.1, -0.05) is 50.2 Å². The van der Waals surface area contributed by atoms with Gasteiger partial charge in [-0.25, -0.2) is 0 Å². The summed E-state index contributed by atoms with van der Waals surface area (Å²) in [5.41, 5.74) is 4.47. The molecule has 0 aliphatic heterocycles. The Kier molecular flexibility index (Phi) is 11.2. The molecule has 3 rings (SSSR count). The van der Waals surface area contributed by atoms with Crippen LogP contribution in [0.1, 0.15) is 38.3 Å². The van der Waals surface area contributed by atoms with Crippen molar-refractivity contribution in [2.24, 2.45) is 5.92 Å². The van der Waals surface area contributed by atoms with Gasteiger partial charge in [0.1, 0.15) is 5.78 Å². The number of aryl methyl sites for hydroxylation is 1. The van der Waals surface area contributed by atoms with E-state index >= 15 is 0 Å². The van der Waals surface area contributed by atoms with Gasteiger partial charge in [-0.3, -0.25) is 4.79 Å². The number of carbonyl (C=O) groups is 2. The number of aliphatic hydroxyl groups excluding tert-OH is 1. The Morgan fingerprint density at radius 1 is 1.10 bits per heavy atom. The van der Waals surface area contributed by atoms with Crippen LogP contribution in [0.3, 0.4) is 0 Å². The Morgan fingerprint density at radius 2 is 1.73 bits per heavy atom. The van der Waals surface area contributed by atoms with Crippen molar-refractivity contribution in [3.8, 4) is 0 Å². The van der Waals surface area contributed by atoms with E-state index in [9.17, 15) is 9.59 Å². The first-order chi connectivity index (χ1) is 14.4. The fourth-order valence-corrected chi connectivity index (χ4v) is 3.27. The number of ketones is 1. The zero-order valence-corrected chi connectivity index (χ0v) is 18.7. The van der Waals surface area contributed by atoms with Crippen LogP contribution in [0.5, 0.6) is 0 Å². The van der Waals surface area contributed by atoms with E-state index in [4.69, 9.17) is 5.11 Å². The van der Waals surface area contributed by atoms with E-state index in [1.165, 1.54) is 10.9 Å². The minimum Gasteiger partial charge on any atom is -0.400 e. The van der Waals surface area contributed by atoms with E-state index in [-0.39, 0.29) is 5.78 Å². The largest absolute Gasteiger partial charge is 0.400 e. The lowest BCUT2D eigenvalue weighted by molar-refractivity contribution is -0.117. The summed E-state index contributed by atoms with van der Waals surface area (Å²) in [5.74, 6) is 0.813. The summed E-state index contributed by atoms with van der Waals surface area (Å²) in [7, 11) is 1.00.